The summed E-state index contributed by atoms with van der Waals surface area (Å²) in [5, 5.41) is 3.53. The van der Waals surface area contributed by atoms with Crippen LogP contribution in [0.4, 0.5) is 0 Å². The van der Waals surface area contributed by atoms with Gasteiger partial charge in [-0.05, 0) is 37.5 Å². The van der Waals surface area contributed by atoms with Crippen molar-refractivity contribution in [1.29, 1.82) is 0 Å². The first kappa shape index (κ1) is 13.6. The Morgan fingerprint density at radius 1 is 1.17 bits per heavy atom. The predicted octanol–water partition coefficient (Wildman–Crippen LogP) is 3.30. The molecule has 1 aliphatic heterocycles. The molecule has 1 heterocycles. The van der Waals surface area contributed by atoms with Gasteiger partial charge in [0.1, 0.15) is 0 Å². The first-order valence-corrected chi connectivity index (χ1v) is 6.79. The van der Waals surface area contributed by atoms with Gasteiger partial charge in [-0.25, -0.2) is 0 Å². The third-order valence-electron chi connectivity index (χ3n) is 3.67. The Morgan fingerprint density at radius 2 is 1.78 bits per heavy atom. The van der Waals surface area contributed by atoms with Gasteiger partial charge < -0.3 is 10.1 Å². The second-order valence-electron chi connectivity index (χ2n) is 6.41. The minimum atomic E-state index is 0.187. The van der Waals surface area contributed by atoms with Crippen molar-refractivity contribution in [3.05, 3.63) is 34.4 Å². The van der Waals surface area contributed by atoms with Crippen LogP contribution in [0.1, 0.15) is 42.2 Å². The van der Waals surface area contributed by atoms with Gasteiger partial charge in [-0.1, -0.05) is 31.5 Å². The Balaban J connectivity index is 2.27. The van der Waals surface area contributed by atoms with Gasteiger partial charge in [0, 0.05) is 18.5 Å². The van der Waals surface area contributed by atoms with E-state index >= 15 is 0 Å². The molecule has 0 aromatic heterocycles. The number of rotatable bonds is 1. The highest BCUT2D eigenvalue weighted by Gasteiger charge is 2.27. The number of hydrogen-bond acceptors (Lipinski definition) is 2. The summed E-state index contributed by atoms with van der Waals surface area (Å²) in [5.41, 5.74) is 5.61. The summed E-state index contributed by atoms with van der Waals surface area (Å²) >= 11 is 0. The number of aryl methyl sites for hydroxylation is 3. The van der Waals surface area contributed by atoms with E-state index in [9.17, 15) is 0 Å². The minimum Gasteiger partial charge on any atom is -0.372 e. The fourth-order valence-corrected chi connectivity index (χ4v) is 2.86. The summed E-state index contributed by atoms with van der Waals surface area (Å²) in [6.07, 6.45) is 0.187. The summed E-state index contributed by atoms with van der Waals surface area (Å²) in [6.45, 7) is 13.8. The van der Waals surface area contributed by atoms with E-state index in [4.69, 9.17) is 4.74 Å². The van der Waals surface area contributed by atoms with Gasteiger partial charge >= 0.3 is 0 Å². The maximum atomic E-state index is 6.14. The fourth-order valence-electron chi connectivity index (χ4n) is 2.86. The quantitative estimate of drug-likeness (QED) is 0.822. The molecule has 1 aromatic rings. The number of benzene rings is 1. The Hall–Kier alpha value is -0.860. The van der Waals surface area contributed by atoms with Crippen molar-refractivity contribution in [1.82, 2.24) is 5.32 Å². The highest BCUT2D eigenvalue weighted by atomic mass is 16.5. The molecule has 100 valence electrons. The Bertz CT molecular complexity index is 414. The molecule has 1 atom stereocenters. The first-order chi connectivity index (χ1) is 8.39. The van der Waals surface area contributed by atoms with Crippen molar-refractivity contribution < 1.29 is 4.74 Å². The molecule has 1 N–H and O–H groups in total. The molecule has 2 heteroatoms. The third-order valence-corrected chi connectivity index (χ3v) is 3.67. The summed E-state index contributed by atoms with van der Waals surface area (Å²) < 4.78 is 6.14. The van der Waals surface area contributed by atoms with E-state index in [1.165, 1.54) is 22.3 Å². The largest absolute Gasteiger partial charge is 0.372 e. The summed E-state index contributed by atoms with van der Waals surface area (Å²) in [5.74, 6) is 0. The van der Waals surface area contributed by atoms with Crippen molar-refractivity contribution in [3.63, 3.8) is 0 Å². The average molecular weight is 247 g/mol. The van der Waals surface area contributed by atoms with E-state index in [-0.39, 0.29) is 11.5 Å². The van der Waals surface area contributed by atoms with Crippen LogP contribution >= 0.6 is 0 Å². The normalized spacial score (nSPS) is 23.7. The monoisotopic (exact) mass is 247 g/mol. The molecule has 0 amide bonds. The summed E-state index contributed by atoms with van der Waals surface area (Å²) in [6, 6.07) is 4.50. The molecule has 2 nitrogen and oxygen atoms in total. The molecule has 18 heavy (non-hydrogen) atoms. The molecular formula is C16H25NO. The van der Waals surface area contributed by atoms with Crippen molar-refractivity contribution in [2.75, 3.05) is 19.7 Å². The van der Waals surface area contributed by atoms with Crippen LogP contribution in [0, 0.1) is 26.2 Å². The zero-order chi connectivity index (χ0) is 13.3. The van der Waals surface area contributed by atoms with Crippen molar-refractivity contribution in [2.45, 2.75) is 40.7 Å². The van der Waals surface area contributed by atoms with Crippen molar-refractivity contribution in [2.24, 2.45) is 5.41 Å². The van der Waals surface area contributed by atoms with Crippen molar-refractivity contribution in [3.8, 4) is 0 Å². The van der Waals surface area contributed by atoms with Crippen LogP contribution < -0.4 is 5.32 Å². The molecule has 0 radical (unpaired) electrons. The maximum absolute atomic E-state index is 6.14. The maximum Gasteiger partial charge on any atom is 0.0954 e. The summed E-state index contributed by atoms with van der Waals surface area (Å²) in [7, 11) is 0. The van der Waals surface area contributed by atoms with Crippen LogP contribution in [0.25, 0.3) is 0 Å². The zero-order valence-electron chi connectivity index (χ0n) is 12.3. The molecule has 2 rings (SSSR count). The summed E-state index contributed by atoms with van der Waals surface area (Å²) in [4.78, 5) is 0. The standard InChI is InChI=1S/C16H25NO/c1-11-6-12(2)15(13(3)7-11)14-8-17-9-16(4,5)10-18-14/h6-7,14,17H,8-10H2,1-5H3. The van der Waals surface area contributed by atoms with Gasteiger partial charge in [-0.15, -0.1) is 0 Å². The highest BCUT2D eigenvalue weighted by Crippen LogP contribution is 2.29. The molecule has 0 bridgehead atoms. The lowest BCUT2D eigenvalue weighted by Gasteiger charge is -2.23. The van der Waals surface area contributed by atoms with Gasteiger partial charge in [-0.3, -0.25) is 0 Å². The second-order valence-corrected chi connectivity index (χ2v) is 6.41. The number of ether oxygens (including phenoxy) is 1. The molecule has 1 unspecified atom stereocenters. The molecule has 1 aromatic carbocycles. The van der Waals surface area contributed by atoms with Gasteiger partial charge in [0.2, 0.25) is 0 Å². The molecule has 1 saturated heterocycles. The lowest BCUT2D eigenvalue weighted by atomic mass is 9.95. The van der Waals surface area contributed by atoms with Gasteiger partial charge in [0.15, 0.2) is 0 Å². The Kier molecular flexibility index (Phi) is 3.79. The molecule has 0 spiro atoms. The van der Waals surface area contributed by atoms with E-state index < -0.39 is 0 Å². The van der Waals surface area contributed by atoms with Gasteiger partial charge in [-0.2, -0.15) is 0 Å². The van der Waals surface area contributed by atoms with E-state index in [2.05, 4.69) is 52.1 Å². The van der Waals surface area contributed by atoms with Gasteiger partial charge in [0.25, 0.3) is 0 Å². The predicted molar refractivity (Wildman–Crippen MR) is 76.0 cm³/mol. The first-order valence-electron chi connectivity index (χ1n) is 6.79. The molecule has 0 aliphatic carbocycles. The Morgan fingerprint density at radius 3 is 2.39 bits per heavy atom. The van der Waals surface area contributed by atoms with E-state index in [0.717, 1.165) is 19.7 Å². The molecular weight excluding hydrogens is 222 g/mol. The lowest BCUT2D eigenvalue weighted by molar-refractivity contribution is 0.0253. The Labute approximate surface area is 111 Å². The molecule has 1 fully saturated rings. The minimum absolute atomic E-state index is 0.187. The lowest BCUT2D eigenvalue weighted by Crippen LogP contribution is -2.29. The van der Waals surface area contributed by atoms with Crippen molar-refractivity contribution >= 4 is 0 Å². The van der Waals surface area contributed by atoms with Crippen LogP contribution in [-0.2, 0) is 4.74 Å². The van der Waals surface area contributed by atoms with Gasteiger partial charge in [0.05, 0.1) is 12.7 Å². The zero-order valence-corrected chi connectivity index (χ0v) is 12.3. The number of nitrogens with one attached hydrogen (secondary N) is 1. The van der Waals surface area contributed by atoms with E-state index in [1.54, 1.807) is 0 Å². The smallest absolute Gasteiger partial charge is 0.0954 e. The topological polar surface area (TPSA) is 21.3 Å². The van der Waals surface area contributed by atoms with Crippen LogP contribution in [0.3, 0.4) is 0 Å². The SMILES string of the molecule is Cc1cc(C)c(C2CNCC(C)(C)CO2)c(C)c1. The van der Waals surface area contributed by atoms with E-state index in [0.29, 0.717) is 0 Å². The highest BCUT2D eigenvalue weighted by molar-refractivity contribution is 5.39. The van der Waals surface area contributed by atoms with Crippen LogP contribution in [0.15, 0.2) is 12.1 Å². The molecule has 0 saturated carbocycles. The second kappa shape index (κ2) is 5.02. The number of hydrogen-bond donors (Lipinski definition) is 1. The average Bonchev–Trinajstić information content (AvgIpc) is 2.39. The third kappa shape index (κ3) is 2.93. The fraction of sp³-hybridized carbons (Fsp3) is 0.625. The molecule has 1 aliphatic rings. The van der Waals surface area contributed by atoms with Crippen LogP contribution in [0.2, 0.25) is 0 Å². The van der Waals surface area contributed by atoms with E-state index in [1.807, 2.05) is 0 Å². The van der Waals surface area contributed by atoms with Crippen LogP contribution in [-0.4, -0.2) is 19.7 Å². The van der Waals surface area contributed by atoms with Crippen LogP contribution in [0.5, 0.6) is 0 Å².